The fourth-order valence-electron chi connectivity index (χ4n) is 1.54. The highest BCUT2D eigenvalue weighted by Gasteiger charge is 2.43. The van der Waals surface area contributed by atoms with E-state index in [0.29, 0.717) is 6.04 Å². The maximum atomic E-state index is 5.39. The van der Waals surface area contributed by atoms with Gasteiger partial charge in [0.25, 0.3) is 0 Å². The number of hydrogen-bond donors (Lipinski definition) is 1. The average molecular weight is 139 g/mol. The number of rotatable bonds is 1. The molecule has 0 amide bonds. The van der Waals surface area contributed by atoms with Crippen LogP contribution in [0.3, 0.4) is 0 Å². The van der Waals surface area contributed by atoms with Gasteiger partial charge in [0.1, 0.15) is 0 Å². The van der Waals surface area contributed by atoms with Gasteiger partial charge in [0.15, 0.2) is 0 Å². The molecule has 0 aliphatic carbocycles. The molecule has 1 saturated heterocycles. The summed E-state index contributed by atoms with van der Waals surface area (Å²) in [6.07, 6.45) is 2.23. The van der Waals surface area contributed by atoms with E-state index in [4.69, 9.17) is 4.74 Å². The molecule has 1 fully saturated rings. The Balaban J connectivity index is 2.15. The predicted octanol–water partition coefficient (Wildman–Crippen LogP) is 0.899. The van der Waals surface area contributed by atoms with E-state index < -0.39 is 0 Å². The lowest BCUT2D eigenvalue weighted by Gasteiger charge is -2.16. The Morgan fingerprint density at radius 2 is 2.50 bits per heavy atom. The molecule has 0 aromatic heterocycles. The fourth-order valence-corrected chi connectivity index (χ4v) is 1.54. The summed E-state index contributed by atoms with van der Waals surface area (Å²) in [5.74, 6) is 1.08. The summed E-state index contributed by atoms with van der Waals surface area (Å²) in [4.78, 5) is 0. The van der Waals surface area contributed by atoms with E-state index in [9.17, 15) is 0 Å². The first-order valence-electron chi connectivity index (χ1n) is 3.76. The van der Waals surface area contributed by atoms with E-state index in [1.54, 1.807) is 0 Å². The van der Waals surface area contributed by atoms with E-state index in [0.717, 1.165) is 18.9 Å². The molecular formula is C8H13NO. The van der Waals surface area contributed by atoms with Crippen molar-refractivity contribution in [1.29, 1.82) is 0 Å². The second kappa shape index (κ2) is 1.76. The van der Waals surface area contributed by atoms with Gasteiger partial charge in [-0.15, -0.1) is 0 Å². The van der Waals surface area contributed by atoms with Gasteiger partial charge in [-0.3, -0.25) is 0 Å². The molecule has 0 bridgehead atoms. The minimum absolute atomic E-state index is 0.282. The lowest BCUT2D eigenvalue weighted by atomic mass is 9.88. The van der Waals surface area contributed by atoms with Crippen molar-refractivity contribution < 1.29 is 4.74 Å². The van der Waals surface area contributed by atoms with Crippen LogP contribution in [0.15, 0.2) is 11.8 Å². The predicted molar refractivity (Wildman–Crippen MR) is 39.6 cm³/mol. The van der Waals surface area contributed by atoms with Crippen molar-refractivity contribution in [3.63, 3.8) is 0 Å². The van der Waals surface area contributed by atoms with Crippen LogP contribution in [-0.2, 0) is 4.74 Å². The highest BCUT2D eigenvalue weighted by Crippen LogP contribution is 2.35. The summed E-state index contributed by atoms with van der Waals surface area (Å²) in [5.41, 5.74) is 0.282. The first-order chi connectivity index (χ1) is 4.71. The summed E-state index contributed by atoms with van der Waals surface area (Å²) in [6, 6.07) is 0.671. The molecule has 0 spiro atoms. The highest BCUT2D eigenvalue weighted by atomic mass is 16.5. The van der Waals surface area contributed by atoms with Crippen LogP contribution >= 0.6 is 0 Å². The quantitative estimate of drug-likeness (QED) is 0.547. The van der Waals surface area contributed by atoms with E-state index in [-0.39, 0.29) is 5.41 Å². The lowest BCUT2D eigenvalue weighted by molar-refractivity contribution is 0.176. The summed E-state index contributed by atoms with van der Waals surface area (Å²) < 4.78 is 5.39. The topological polar surface area (TPSA) is 31.2 Å². The van der Waals surface area contributed by atoms with Crippen molar-refractivity contribution in [2.45, 2.75) is 19.9 Å². The van der Waals surface area contributed by atoms with Crippen molar-refractivity contribution in [3.05, 3.63) is 11.8 Å². The molecule has 2 rings (SSSR count). The molecule has 1 N–H and O–H groups in total. The summed E-state index contributed by atoms with van der Waals surface area (Å²) >= 11 is 0. The molecule has 2 aliphatic heterocycles. The lowest BCUT2D eigenvalue weighted by Crippen LogP contribution is -2.24. The smallest absolute Gasteiger partial charge is 0.0981 e. The number of hydrogen-bond acceptors (Lipinski definition) is 2. The molecule has 2 aliphatic rings. The molecule has 56 valence electrons. The number of ether oxygens (including phenoxy) is 1. The number of allylic oxidation sites excluding steroid dienone is 1. The summed E-state index contributed by atoms with van der Waals surface area (Å²) in [5, 5.41) is 3.31. The Labute approximate surface area is 61.3 Å². The van der Waals surface area contributed by atoms with Crippen LogP contribution in [0, 0.1) is 5.41 Å². The first kappa shape index (κ1) is 6.23. The second-order valence-corrected chi connectivity index (χ2v) is 3.51. The first-order valence-corrected chi connectivity index (χ1v) is 3.76. The van der Waals surface area contributed by atoms with Crippen LogP contribution in [0.2, 0.25) is 0 Å². The highest BCUT2D eigenvalue weighted by molar-refractivity contribution is 5.15. The third-order valence-corrected chi connectivity index (χ3v) is 2.35. The molecule has 2 heterocycles. The molecule has 0 aromatic rings. The zero-order valence-electron chi connectivity index (χ0n) is 6.48. The molecule has 2 nitrogen and oxygen atoms in total. The Morgan fingerprint density at radius 3 is 2.90 bits per heavy atom. The summed E-state index contributed by atoms with van der Waals surface area (Å²) in [7, 11) is 0. The SMILES string of the molecule is CC1=CC(C)(C2CN2)CO1. The van der Waals surface area contributed by atoms with Gasteiger partial charge in [-0.1, -0.05) is 6.92 Å². The molecule has 0 aromatic carbocycles. The Bertz CT molecular complexity index is 184. The van der Waals surface area contributed by atoms with Crippen molar-refractivity contribution in [2.75, 3.05) is 13.2 Å². The van der Waals surface area contributed by atoms with E-state index in [2.05, 4.69) is 18.3 Å². The minimum Gasteiger partial charge on any atom is -0.498 e. The van der Waals surface area contributed by atoms with Crippen LogP contribution in [-0.4, -0.2) is 19.2 Å². The minimum atomic E-state index is 0.282. The molecule has 2 heteroatoms. The van der Waals surface area contributed by atoms with Crippen molar-refractivity contribution >= 4 is 0 Å². The van der Waals surface area contributed by atoms with Crippen LogP contribution < -0.4 is 5.32 Å². The van der Waals surface area contributed by atoms with Gasteiger partial charge in [-0.25, -0.2) is 0 Å². The molecule has 2 unspecified atom stereocenters. The van der Waals surface area contributed by atoms with Gasteiger partial charge in [-0.2, -0.15) is 0 Å². The Morgan fingerprint density at radius 1 is 1.80 bits per heavy atom. The van der Waals surface area contributed by atoms with Crippen molar-refractivity contribution in [2.24, 2.45) is 5.41 Å². The third-order valence-electron chi connectivity index (χ3n) is 2.35. The van der Waals surface area contributed by atoms with Gasteiger partial charge in [-0.05, 0) is 13.0 Å². The van der Waals surface area contributed by atoms with Crippen LogP contribution in [0.1, 0.15) is 13.8 Å². The van der Waals surface area contributed by atoms with Gasteiger partial charge < -0.3 is 10.1 Å². The standard InChI is InChI=1S/C8H13NO/c1-6-3-8(2,5-10-6)7-4-9-7/h3,7,9H,4-5H2,1-2H3. The average Bonchev–Trinajstić information content (AvgIpc) is 2.62. The van der Waals surface area contributed by atoms with Gasteiger partial charge in [0.05, 0.1) is 12.4 Å². The molecule has 0 saturated carbocycles. The van der Waals surface area contributed by atoms with Crippen molar-refractivity contribution in [3.8, 4) is 0 Å². The number of nitrogens with one attached hydrogen (secondary N) is 1. The maximum Gasteiger partial charge on any atom is 0.0981 e. The van der Waals surface area contributed by atoms with Crippen LogP contribution in [0.25, 0.3) is 0 Å². The zero-order valence-corrected chi connectivity index (χ0v) is 6.48. The fraction of sp³-hybridized carbons (Fsp3) is 0.750. The molecular weight excluding hydrogens is 126 g/mol. The molecule has 0 radical (unpaired) electrons. The van der Waals surface area contributed by atoms with E-state index >= 15 is 0 Å². The monoisotopic (exact) mass is 139 g/mol. The Kier molecular flexibility index (Phi) is 1.09. The van der Waals surface area contributed by atoms with E-state index in [1.165, 1.54) is 0 Å². The van der Waals surface area contributed by atoms with Gasteiger partial charge >= 0.3 is 0 Å². The third kappa shape index (κ3) is 0.833. The Hall–Kier alpha value is -0.500. The van der Waals surface area contributed by atoms with Crippen LogP contribution in [0.5, 0.6) is 0 Å². The molecule has 2 atom stereocenters. The zero-order chi connectivity index (χ0) is 7.19. The maximum absolute atomic E-state index is 5.39. The second-order valence-electron chi connectivity index (χ2n) is 3.51. The van der Waals surface area contributed by atoms with Crippen molar-refractivity contribution in [1.82, 2.24) is 5.32 Å². The summed E-state index contributed by atoms with van der Waals surface area (Å²) in [6.45, 7) is 6.28. The van der Waals surface area contributed by atoms with Gasteiger partial charge in [0, 0.05) is 18.0 Å². The van der Waals surface area contributed by atoms with E-state index in [1.807, 2.05) is 6.92 Å². The van der Waals surface area contributed by atoms with Crippen LogP contribution in [0.4, 0.5) is 0 Å². The normalized spacial score (nSPS) is 44.6. The van der Waals surface area contributed by atoms with Gasteiger partial charge in [0.2, 0.25) is 0 Å². The molecule has 10 heavy (non-hydrogen) atoms. The largest absolute Gasteiger partial charge is 0.498 e.